The Morgan fingerprint density at radius 3 is 2.20 bits per heavy atom. The molecule has 0 rings (SSSR count). The van der Waals surface area contributed by atoms with Crippen molar-refractivity contribution in [2.75, 3.05) is 16.7 Å². The predicted molar refractivity (Wildman–Crippen MR) is 74.0 cm³/mol. The lowest BCUT2D eigenvalue weighted by atomic mass is 10.0. The van der Waals surface area contributed by atoms with E-state index in [1.54, 1.807) is 0 Å². The Kier molecular flexibility index (Phi) is 7.36. The van der Waals surface area contributed by atoms with E-state index in [0.717, 1.165) is 17.3 Å². The second-order valence-corrected chi connectivity index (χ2v) is 7.85. The molecule has 0 amide bonds. The summed E-state index contributed by atoms with van der Waals surface area (Å²) in [7, 11) is -3.08. The zero-order chi connectivity index (χ0) is 11.9. The molecule has 3 nitrogen and oxygen atoms in total. The molecule has 0 saturated carbocycles. The maximum Gasteiger partial charge on any atom is 0.212 e. The molecule has 5 heteroatoms. The third kappa shape index (κ3) is 10.9. The Hall–Kier alpha value is 0.640. The lowest BCUT2D eigenvalue weighted by molar-refractivity contribution is 0.457. The maximum absolute atomic E-state index is 11.6. The summed E-state index contributed by atoms with van der Waals surface area (Å²) in [6.45, 7) is 6.38. The van der Waals surface area contributed by atoms with Gasteiger partial charge < -0.3 is 0 Å². The number of nitrogens with one attached hydrogen (secondary N) is 1. The van der Waals surface area contributed by atoms with Gasteiger partial charge in [-0.1, -0.05) is 49.8 Å². The van der Waals surface area contributed by atoms with E-state index in [1.807, 2.05) is 20.8 Å². The van der Waals surface area contributed by atoms with Crippen molar-refractivity contribution in [3.8, 4) is 0 Å². The number of unbranched alkanes of at least 4 members (excludes halogenated alkanes) is 2. The van der Waals surface area contributed by atoms with Crippen LogP contribution in [-0.2, 0) is 10.0 Å². The molecule has 0 atom stereocenters. The van der Waals surface area contributed by atoms with Crippen LogP contribution in [0.3, 0.4) is 0 Å². The highest BCUT2D eigenvalue weighted by Gasteiger charge is 2.20. The highest BCUT2D eigenvalue weighted by molar-refractivity contribution is 14.1. The minimum Gasteiger partial charge on any atom is -0.215 e. The van der Waals surface area contributed by atoms with Crippen LogP contribution in [0, 0.1) is 5.41 Å². The second-order valence-electron chi connectivity index (χ2n) is 4.96. The predicted octanol–water partition coefficient (Wildman–Crippen LogP) is 2.56. The molecule has 0 aliphatic carbocycles. The average Bonchev–Trinajstić information content (AvgIpc) is 1.99. The van der Waals surface area contributed by atoms with Gasteiger partial charge in [0.05, 0.1) is 5.75 Å². The normalized spacial score (nSPS) is 13.1. The number of alkyl halides is 1. The smallest absolute Gasteiger partial charge is 0.212 e. The molecule has 0 aromatic heterocycles. The highest BCUT2D eigenvalue weighted by atomic mass is 127. The Bertz CT molecular complexity index is 257. The van der Waals surface area contributed by atoms with Crippen LogP contribution in [0.15, 0.2) is 0 Å². The van der Waals surface area contributed by atoms with Crippen molar-refractivity contribution < 1.29 is 8.42 Å². The molecule has 0 spiro atoms. The summed E-state index contributed by atoms with van der Waals surface area (Å²) in [6.07, 6.45) is 3.20. The fourth-order valence-corrected chi connectivity index (χ4v) is 3.48. The molecule has 0 radical (unpaired) electrons. The summed E-state index contributed by atoms with van der Waals surface area (Å²) >= 11 is 2.33. The summed E-state index contributed by atoms with van der Waals surface area (Å²) in [5.74, 6) is 0.201. The minimum absolute atomic E-state index is 0.173. The lowest BCUT2D eigenvalue weighted by Gasteiger charge is -2.18. The van der Waals surface area contributed by atoms with Gasteiger partial charge in [-0.3, -0.25) is 0 Å². The summed E-state index contributed by atoms with van der Waals surface area (Å²) in [4.78, 5) is 0. The zero-order valence-corrected chi connectivity index (χ0v) is 12.8. The van der Waals surface area contributed by atoms with E-state index in [9.17, 15) is 8.42 Å². The van der Waals surface area contributed by atoms with Gasteiger partial charge in [0.15, 0.2) is 0 Å². The third-order valence-electron chi connectivity index (χ3n) is 1.76. The van der Waals surface area contributed by atoms with E-state index < -0.39 is 10.0 Å². The van der Waals surface area contributed by atoms with Crippen molar-refractivity contribution in [2.24, 2.45) is 5.41 Å². The van der Waals surface area contributed by atoms with Gasteiger partial charge in [-0.15, -0.1) is 0 Å². The first kappa shape index (κ1) is 15.6. The molecule has 0 saturated heterocycles. The molecule has 0 aromatic carbocycles. The zero-order valence-electron chi connectivity index (χ0n) is 9.85. The quantitative estimate of drug-likeness (QED) is 0.437. The summed E-state index contributed by atoms with van der Waals surface area (Å²) < 4.78 is 26.9. The van der Waals surface area contributed by atoms with Crippen molar-refractivity contribution >= 4 is 32.6 Å². The largest absolute Gasteiger partial charge is 0.215 e. The summed E-state index contributed by atoms with van der Waals surface area (Å²) in [5, 5.41) is 0. The van der Waals surface area contributed by atoms with E-state index >= 15 is 0 Å². The van der Waals surface area contributed by atoms with Crippen molar-refractivity contribution in [2.45, 2.75) is 40.0 Å². The molecular weight excluding hydrogens is 325 g/mol. The van der Waals surface area contributed by atoms with Crippen molar-refractivity contribution in [3.63, 3.8) is 0 Å². The molecule has 15 heavy (non-hydrogen) atoms. The van der Waals surface area contributed by atoms with Crippen LogP contribution in [0.5, 0.6) is 0 Å². The van der Waals surface area contributed by atoms with E-state index in [-0.39, 0.29) is 11.2 Å². The van der Waals surface area contributed by atoms with E-state index in [1.165, 1.54) is 6.42 Å². The van der Waals surface area contributed by atoms with E-state index in [2.05, 4.69) is 27.3 Å². The van der Waals surface area contributed by atoms with Crippen molar-refractivity contribution in [3.05, 3.63) is 0 Å². The molecule has 0 unspecified atom stereocenters. The van der Waals surface area contributed by atoms with Gasteiger partial charge in [-0.2, -0.15) is 0 Å². The van der Waals surface area contributed by atoms with Gasteiger partial charge in [0.2, 0.25) is 10.0 Å². The molecule has 0 aliphatic heterocycles. The van der Waals surface area contributed by atoms with Gasteiger partial charge in [-0.25, -0.2) is 13.1 Å². The van der Waals surface area contributed by atoms with Gasteiger partial charge >= 0.3 is 0 Å². The van der Waals surface area contributed by atoms with Gasteiger partial charge in [0, 0.05) is 6.54 Å². The van der Waals surface area contributed by atoms with Gasteiger partial charge in [0.25, 0.3) is 0 Å². The van der Waals surface area contributed by atoms with Crippen LogP contribution in [0.4, 0.5) is 0 Å². The minimum atomic E-state index is -3.08. The second kappa shape index (κ2) is 7.06. The number of halogens is 1. The van der Waals surface area contributed by atoms with Crippen LogP contribution in [0.25, 0.3) is 0 Å². The van der Waals surface area contributed by atoms with Crippen molar-refractivity contribution in [1.82, 2.24) is 4.72 Å². The van der Waals surface area contributed by atoms with Crippen LogP contribution < -0.4 is 4.72 Å². The first-order valence-corrected chi connectivity index (χ1v) is 8.48. The fourth-order valence-electron chi connectivity index (χ4n) is 1.25. The Balaban J connectivity index is 3.76. The summed E-state index contributed by atoms with van der Waals surface area (Å²) in [5.41, 5.74) is -0.173. The summed E-state index contributed by atoms with van der Waals surface area (Å²) in [6, 6.07) is 0. The first-order valence-electron chi connectivity index (χ1n) is 5.30. The fraction of sp³-hybridized carbons (Fsp3) is 1.00. The topological polar surface area (TPSA) is 46.2 Å². The third-order valence-corrected chi connectivity index (χ3v) is 4.41. The molecule has 0 aliphatic rings. The monoisotopic (exact) mass is 347 g/mol. The number of hydrogen-bond acceptors (Lipinski definition) is 2. The Morgan fingerprint density at radius 2 is 1.73 bits per heavy atom. The number of hydrogen-bond donors (Lipinski definition) is 1. The molecule has 0 fully saturated rings. The van der Waals surface area contributed by atoms with Gasteiger partial charge in [0.1, 0.15) is 0 Å². The highest BCUT2D eigenvalue weighted by Crippen LogP contribution is 2.15. The van der Waals surface area contributed by atoms with Gasteiger partial charge in [-0.05, 0) is 22.7 Å². The molecule has 0 aromatic rings. The SMILES string of the molecule is CC(C)(C)CS(=O)(=O)NCCCCCI. The number of rotatable bonds is 7. The van der Waals surface area contributed by atoms with Crippen LogP contribution >= 0.6 is 22.6 Å². The average molecular weight is 347 g/mol. The Labute approximate surface area is 108 Å². The molecule has 0 bridgehead atoms. The molecular formula is C10H22INO2S. The van der Waals surface area contributed by atoms with Crippen LogP contribution in [0.2, 0.25) is 0 Å². The van der Waals surface area contributed by atoms with Crippen LogP contribution in [-0.4, -0.2) is 25.1 Å². The lowest BCUT2D eigenvalue weighted by Crippen LogP contribution is -2.32. The molecule has 1 N–H and O–H groups in total. The molecule has 0 heterocycles. The molecule has 92 valence electrons. The number of sulfonamides is 1. The van der Waals surface area contributed by atoms with Crippen LogP contribution in [0.1, 0.15) is 40.0 Å². The Morgan fingerprint density at radius 1 is 1.13 bits per heavy atom. The first-order chi connectivity index (χ1) is 6.77. The maximum atomic E-state index is 11.6. The van der Waals surface area contributed by atoms with Crippen molar-refractivity contribution in [1.29, 1.82) is 0 Å². The van der Waals surface area contributed by atoms with E-state index in [0.29, 0.717) is 6.54 Å². The van der Waals surface area contributed by atoms with E-state index in [4.69, 9.17) is 0 Å². The standard InChI is InChI=1S/C10H22INO2S/c1-10(2,3)9-15(13,14)12-8-6-4-5-7-11/h12H,4-9H2,1-3H3.